The molecule has 138 valence electrons. The van der Waals surface area contributed by atoms with Crippen LogP contribution in [0.1, 0.15) is 30.5 Å². The van der Waals surface area contributed by atoms with E-state index in [1.54, 1.807) is 14.0 Å². The van der Waals surface area contributed by atoms with E-state index in [2.05, 4.69) is 5.32 Å². The van der Waals surface area contributed by atoms with Crippen LogP contribution >= 0.6 is 0 Å². The average Bonchev–Trinajstić information content (AvgIpc) is 2.81. The molecule has 2 rings (SSSR count). The number of carbonyl (C=O) groups is 2. The quantitative estimate of drug-likeness (QED) is 0.816. The number of nitrogens with zero attached hydrogens (tertiary/aromatic N) is 2. The van der Waals surface area contributed by atoms with Crippen LogP contribution in [0.15, 0.2) is 24.3 Å². The zero-order valence-electron chi connectivity index (χ0n) is 15.7. The number of rotatable bonds is 6. The Balaban J connectivity index is 2.32. The van der Waals surface area contributed by atoms with Crippen molar-refractivity contribution in [1.82, 2.24) is 15.1 Å². The molecule has 0 radical (unpaired) electrons. The fraction of sp³-hybridized carbons (Fsp3) is 0.579. The summed E-state index contributed by atoms with van der Waals surface area (Å²) < 4.78 is 0. The molecule has 1 saturated heterocycles. The smallest absolute Gasteiger partial charge is 0.323 e. The maximum Gasteiger partial charge on any atom is 0.323 e. The number of hydrogen-bond acceptors (Lipinski definition) is 4. The van der Waals surface area contributed by atoms with Crippen LogP contribution in [0.4, 0.5) is 0 Å². The molecule has 6 heteroatoms. The summed E-state index contributed by atoms with van der Waals surface area (Å²) in [6.07, 6.45) is 0.297. The predicted molar refractivity (Wildman–Crippen MR) is 97.4 cm³/mol. The van der Waals surface area contributed by atoms with E-state index >= 15 is 0 Å². The Morgan fingerprint density at radius 3 is 2.56 bits per heavy atom. The van der Waals surface area contributed by atoms with E-state index in [0.717, 1.165) is 17.7 Å². The monoisotopic (exact) mass is 347 g/mol. The summed E-state index contributed by atoms with van der Waals surface area (Å²) in [7, 11) is 5.71. The van der Waals surface area contributed by atoms with Gasteiger partial charge in [0.1, 0.15) is 5.54 Å². The lowest BCUT2D eigenvalue weighted by atomic mass is 9.88. The third kappa shape index (κ3) is 3.85. The largest absolute Gasteiger partial charge is 0.480 e. The summed E-state index contributed by atoms with van der Waals surface area (Å²) in [4.78, 5) is 28.6. The molecule has 1 amide bonds. The van der Waals surface area contributed by atoms with Gasteiger partial charge in [0.2, 0.25) is 5.91 Å². The van der Waals surface area contributed by atoms with E-state index in [4.69, 9.17) is 0 Å². The number of aliphatic carboxylic acids is 1. The van der Waals surface area contributed by atoms with Crippen LogP contribution in [0.5, 0.6) is 0 Å². The number of likely N-dealkylation sites (tertiary alicyclic amines) is 1. The minimum absolute atomic E-state index is 0.0769. The Morgan fingerprint density at radius 1 is 1.36 bits per heavy atom. The zero-order chi connectivity index (χ0) is 18.8. The Bertz CT molecular complexity index is 647. The van der Waals surface area contributed by atoms with E-state index in [-0.39, 0.29) is 11.9 Å². The van der Waals surface area contributed by atoms with Crippen LogP contribution in [0.25, 0.3) is 0 Å². The number of carbonyl (C=O) groups excluding carboxylic acids is 1. The molecule has 1 aromatic rings. The number of benzene rings is 1. The summed E-state index contributed by atoms with van der Waals surface area (Å²) in [5.41, 5.74) is 1.03. The van der Waals surface area contributed by atoms with Gasteiger partial charge in [-0.05, 0) is 52.5 Å². The average molecular weight is 347 g/mol. The fourth-order valence-electron chi connectivity index (χ4n) is 3.61. The molecule has 25 heavy (non-hydrogen) atoms. The van der Waals surface area contributed by atoms with E-state index in [1.807, 2.05) is 55.1 Å². The number of likely N-dealkylation sites (N-methyl/N-ethyl adjacent to an activating group) is 2. The van der Waals surface area contributed by atoms with Crippen molar-refractivity contribution in [2.45, 2.75) is 31.8 Å². The molecule has 0 aliphatic carbocycles. The van der Waals surface area contributed by atoms with Crippen molar-refractivity contribution in [3.8, 4) is 0 Å². The number of hydrogen-bond donors (Lipinski definition) is 2. The topological polar surface area (TPSA) is 72.9 Å². The van der Waals surface area contributed by atoms with Crippen LogP contribution in [-0.2, 0) is 9.59 Å². The molecule has 0 unspecified atom stereocenters. The molecular weight excluding hydrogens is 318 g/mol. The maximum absolute atomic E-state index is 12.8. The third-order valence-electron chi connectivity index (χ3n) is 5.36. The second-order valence-electron chi connectivity index (χ2n) is 7.40. The molecule has 2 N–H and O–H groups in total. The van der Waals surface area contributed by atoms with Crippen molar-refractivity contribution in [3.63, 3.8) is 0 Å². The Morgan fingerprint density at radius 2 is 2.00 bits per heavy atom. The number of carboxylic acids is 1. The molecule has 0 saturated carbocycles. The molecule has 0 bridgehead atoms. The van der Waals surface area contributed by atoms with Gasteiger partial charge in [-0.15, -0.1) is 0 Å². The maximum atomic E-state index is 12.8. The SMILES string of the molecule is Cc1ccccc1[C@@H]1[C@H](C(=O)NCCN(C)C)C[C@](C)(C(=O)O)N1C. The molecular formula is C19H29N3O3. The van der Waals surface area contributed by atoms with Crippen LogP contribution in [0.3, 0.4) is 0 Å². The Kier molecular flexibility index (Phi) is 5.85. The van der Waals surface area contributed by atoms with Crippen molar-refractivity contribution < 1.29 is 14.7 Å². The second-order valence-corrected chi connectivity index (χ2v) is 7.40. The van der Waals surface area contributed by atoms with E-state index < -0.39 is 17.4 Å². The van der Waals surface area contributed by atoms with Crippen molar-refractivity contribution in [1.29, 1.82) is 0 Å². The van der Waals surface area contributed by atoms with Gasteiger partial charge in [0.25, 0.3) is 0 Å². The summed E-state index contributed by atoms with van der Waals surface area (Å²) in [5, 5.41) is 12.7. The minimum atomic E-state index is -1.06. The highest BCUT2D eigenvalue weighted by molar-refractivity contribution is 5.85. The minimum Gasteiger partial charge on any atom is -0.480 e. The third-order valence-corrected chi connectivity index (χ3v) is 5.36. The lowest BCUT2D eigenvalue weighted by Crippen LogP contribution is -2.46. The first-order valence-corrected chi connectivity index (χ1v) is 8.62. The summed E-state index contributed by atoms with van der Waals surface area (Å²) >= 11 is 0. The van der Waals surface area contributed by atoms with Crippen molar-refractivity contribution in [2.24, 2.45) is 5.92 Å². The number of nitrogens with one attached hydrogen (secondary N) is 1. The lowest BCUT2D eigenvalue weighted by Gasteiger charge is -2.32. The van der Waals surface area contributed by atoms with Crippen LogP contribution in [0.2, 0.25) is 0 Å². The van der Waals surface area contributed by atoms with Crippen molar-refractivity contribution in [3.05, 3.63) is 35.4 Å². The van der Waals surface area contributed by atoms with Gasteiger partial charge in [0.05, 0.1) is 5.92 Å². The van der Waals surface area contributed by atoms with Crippen molar-refractivity contribution >= 4 is 11.9 Å². The van der Waals surface area contributed by atoms with Gasteiger partial charge < -0.3 is 15.3 Å². The standard InChI is InChI=1S/C19H29N3O3/c1-13-8-6-7-9-14(13)16-15(17(23)20-10-11-21(3)4)12-19(2,18(24)25)22(16)5/h6-9,15-16H,10-12H2,1-5H3,(H,20,23)(H,24,25)/t15-,16-,19-/m1/s1. The van der Waals surface area contributed by atoms with Crippen LogP contribution < -0.4 is 5.32 Å². The van der Waals surface area contributed by atoms with Gasteiger partial charge >= 0.3 is 5.97 Å². The van der Waals surface area contributed by atoms with Gasteiger partial charge in [-0.1, -0.05) is 24.3 Å². The molecule has 1 heterocycles. The highest BCUT2D eigenvalue weighted by Crippen LogP contribution is 2.46. The van der Waals surface area contributed by atoms with Crippen LogP contribution in [0, 0.1) is 12.8 Å². The zero-order valence-corrected chi connectivity index (χ0v) is 15.7. The van der Waals surface area contributed by atoms with E-state index in [1.165, 1.54) is 0 Å². The Labute approximate surface area is 149 Å². The van der Waals surface area contributed by atoms with Crippen LogP contribution in [-0.4, -0.2) is 66.6 Å². The molecule has 0 aromatic heterocycles. The number of amides is 1. The number of carboxylic acid groups (broad SMARTS) is 1. The molecule has 3 atom stereocenters. The normalized spacial score (nSPS) is 26.8. The summed E-state index contributed by atoms with van der Waals surface area (Å²) in [5.74, 6) is -1.36. The molecule has 1 fully saturated rings. The molecule has 1 aromatic carbocycles. The predicted octanol–water partition coefficient (Wildman–Crippen LogP) is 1.51. The highest BCUT2D eigenvalue weighted by atomic mass is 16.4. The van der Waals surface area contributed by atoms with E-state index in [9.17, 15) is 14.7 Å². The lowest BCUT2D eigenvalue weighted by molar-refractivity contribution is -0.148. The van der Waals surface area contributed by atoms with Gasteiger partial charge in [0.15, 0.2) is 0 Å². The second kappa shape index (κ2) is 7.54. The number of aryl methyl sites for hydroxylation is 1. The Hall–Kier alpha value is -1.92. The van der Waals surface area contributed by atoms with E-state index in [0.29, 0.717) is 13.0 Å². The first-order chi connectivity index (χ1) is 11.7. The summed E-state index contributed by atoms with van der Waals surface area (Å²) in [6.45, 7) is 5.00. The van der Waals surface area contributed by atoms with Gasteiger partial charge in [-0.25, -0.2) is 0 Å². The van der Waals surface area contributed by atoms with Gasteiger partial charge in [-0.2, -0.15) is 0 Å². The van der Waals surface area contributed by atoms with Gasteiger partial charge in [0, 0.05) is 19.1 Å². The first-order valence-electron chi connectivity index (χ1n) is 8.62. The molecule has 0 spiro atoms. The van der Waals surface area contributed by atoms with Gasteiger partial charge in [-0.3, -0.25) is 14.5 Å². The fourth-order valence-corrected chi connectivity index (χ4v) is 3.61. The van der Waals surface area contributed by atoms with Crippen molar-refractivity contribution in [2.75, 3.05) is 34.2 Å². The molecule has 1 aliphatic rings. The molecule has 1 aliphatic heterocycles. The summed E-state index contributed by atoms with van der Waals surface area (Å²) in [6, 6.07) is 7.64. The first kappa shape index (κ1) is 19.4. The molecule has 6 nitrogen and oxygen atoms in total. The highest BCUT2D eigenvalue weighted by Gasteiger charge is 2.54.